The van der Waals surface area contributed by atoms with Crippen molar-refractivity contribution in [1.29, 1.82) is 0 Å². The van der Waals surface area contributed by atoms with Crippen LogP contribution in [0.1, 0.15) is 31.4 Å². The first kappa shape index (κ1) is 12.4. The SMILES string of the molecule is CNc1cc(OCc2ccco2)nc(C(C)C)n1. The van der Waals surface area contributed by atoms with Crippen molar-refractivity contribution in [2.45, 2.75) is 26.4 Å². The minimum atomic E-state index is 0.254. The zero-order valence-electron chi connectivity index (χ0n) is 10.8. The van der Waals surface area contributed by atoms with Crippen molar-refractivity contribution in [1.82, 2.24) is 9.97 Å². The van der Waals surface area contributed by atoms with Gasteiger partial charge in [0.1, 0.15) is 24.0 Å². The van der Waals surface area contributed by atoms with Crippen LogP contribution in [0.5, 0.6) is 5.88 Å². The Bertz CT molecular complexity index is 495. The second-order valence-electron chi connectivity index (χ2n) is 4.22. The van der Waals surface area contributed by atoms with E-state index in [-0.39, 0.29) is 5.92 Å². The van der Waals surface area contributed by atoms with Gasteiger partial charge in [0, 0.05) is 19.0 Å². The highest BCUT2D eigenvalue weighted by atomic mass is 16.5. The lowest BCUT2D eigenvalue weighted by Crippen LogP contribution is -2.05. The topological polar surface area (TPSA) is 60.2 Å². The standard InChI is InChI=1S/C13H17N3O2/c1-9(2)13-15-11(14-3)7-12(16-13)18-8-10-5-4-6-17-10/h4-7,9H,8H2,1-3H3,(H,14,15,16). The fourth-order valence-corrected chi connectivity index (χ4v) is 1.44. The van der Waals surface area contributed by atoms with E-state index in [4.69, 9.17) is 9.15 Å². The number of aromatic nitrogens is 2. The number of hydrogen-bond acceptors (Lipinski definition) is 5. The van der Waals surface area contributed by atoms with Crippen LogP contribution in [0.3, 0.4) is 0 Å². The molecule has 0 amide bonds. The van der Waals surface area contributed by atoms with Gasteiger partial charge in [-0.1, -0.05) is 13.8 Å². The van der Waals surface area contributed by atoms with Crippen molar-refractivity contribution in [3.05, 3.63) is 36.0 Å². The molecule has 5 nitrogen and oxygen atoms in total. The van der Waals surface area contributed by atoms with Gasteiger partial charge in [0.25, 0.3) is 0 Å². The van der Waals surface area contributed by atoms with Crippen LogP contribution in [0.25, 0.3) is 0 Å². The third kappa shape index (κ3) is 3.00. The van der Waals surface area contributed by atoms with Crippen LogP contribution < -0.4 is 10.1 Å². The summed E-state index contributed by atoms with van der Waals surface area (Å²) in [5.74, 6) is 3.09. The van der Waals surface area contributed by atoms with E-state index in [9.17, 15) is 0 Å². The van der Waals surface area contributed by atoms with Crippen molar-refractivity contribution in [3.63, 3.8) is 0 Å². The van der Waals surface area contributed by atoms with Crippen molar-refractivity contribution in [2.75, 3.05) is 12.4 Å². The van der Waals surface area contributed by atoms with E-state index in [1.165, 1.54) is 0 Å². The fourth-order valence-electron chi connectivity index (χ4n) is 1.44. The van der Waals surface area contributed by atoms with E-state index >= 15 is 0 Å². The highest BCUT2D eigenvalue weighted by molar-refractivity contribution is 5.38. The van der Waals surface area contributed by atoms with Gasteiger partial charge in [0.15, 0.2) is 0 Å². The molecule has 0 saturated carbocycles. The molecule has 0 aliphatic heterocycles. The molecule has 0 aliphatic rings. The van der Waals surface area contributed by atoms with Gasteiger partial charge < -0.3 is 14.5 Å². The summed E-state index contributed by atoms with van der Waals surface area (Å²) in [4.78, 5) is 8.74. The molecular formula is C13H17N3O2. The van der Waals surface area contributed by atoms with Gasteiger partial charge in [-0.25, -0.2) is 4.98 Å². The Morgan fingerprint density at radius 1 is 1.39 bits per heavy atom. The molecule has 2 aromatic rings. The van der Waals surface area contributed by atoms with Gasteiger partial charge in [-0.2, -0.15) is 4.98 Å². The largest absolute Gasteiger partial charge is 0.469 e. The Morgan fingerprint density at radius 3 is 2.83 bits per heavy atom. The summed E-state index contributed by atoms with van der Waals surface area (Å²) in [5, 5.41) is 3.00. The Hall–Kier alpha value is -2.04. The first-order valence-corrected chi connectivity index (χ1v) is 5.91. The van der Waals surface area contributed by atoms with E-state index in [0.717, 1.165) is 17.4 Å². The van der Waals surface area contributed by atoms with Crippen LogP contribution >= 0.6 is 0 Å². The van der Waals surface area contributed by atoms with Crippen molar-refractivity contribution in [3.8, 4) is 5.88 Å². The Kier molecular flexibility index (Phi) is 3.82. The fraction of sp³-hybridized carbons (Fsp3) is 0.385. The molecule has 18 heavy (non-hydrogen) atoms. The molecule has 0 aromatic carbocycles. The zero-order chi connectivity index (χ0) is 13.0. The highest BCUT2D eigenvalue weighted by Gasteiger charge is 2.08. The van der Waals surface area contributed by atoms with E-state index in [1.54, 1.807) is 12.3 Å². The summed E-state index contributed by atoms with van der Waals surface area (Å²) in [7, 11) is 1.82. The number of ether oxygens (including phenoxy) is 1. The van der Waals surface area contributed by atoms with Crippen molar-refractivity contribution in [2.24, 2.45) is 0 Å². The third-order valence-corrected chi connectivity index (χ3v) is 2.43. The maximum Gasteiger partial charge on any atom is 0.219 e. The first-order valence-electron chi connectivity index (χ1n) is 5.91. The maximum absolute atomic E-state index is 5.60. The predicted molar refractivity (Wildman–Crippen MR) is 68.7 cm³/mol. The Balaban J connectivity index is 2.13. The summed E-state index contributed by atoms with van der Waals surface area (Å²) in [6.45, 7) is 4.46. The predicted octanol–water partition coefficient (Wildman–Crippen LogP) is 2.81. The third-order valence-electron chi connectivity index (χ3n) is 2.43. The number of hydrogen-bond donors (Lipinski definition) is 1. The first-order chi connectivity index (χ1) is 8.69. The quantitative estimate of drug-likeness (QED) is 0.880. The average Bonchev–Trinajstić information content (AvgIpc) is 2.89. The minimum absolute atomic E-state index is 0.254. The number of rotatable bonds is 5. The number of nitrogens with zero attached hydrogens (tertiary/aromatic N) is 2. The van der Waals surface area contributed by atoms with Crippen LogP contribution in [-0.2, 0) is 6.61 Å². The van der Waals surface area contributed by atoms with Crippen LogP contribution in [0, 0.1) is 0 Å². The summed E-state index contributed by atoms with van der Waals surface area (Å²) in [5.41, 5.74) is 0. The zero-order valence-corrected chi connectivity index (χ0v) is 10.8. The van der Waals surface area contributed by atoms with Crippen LogP contribution in [-0.4, -0.2) is 17.0 Å². The summed E-state index contributed by atoms with van der Waals surface area (Å²) < 4.78 is 10.8. The van der Waals surface area contributed by atoms with Gasteiger partial charge in [-0.05, 0) is 12.1 Å². The van der Waals surface area contributed by atoms with Gasteiger partial charge >= 0.3 is 0 Å². The minimum Gasteiger partial charge on any atom is -0.469 e. The van der Waals surface area contributed by atoms with Crippen LogP contribution in [0.4, 0.5) is 5.82 Å². The lowest BCUT2D eigenvalue weighted by atomic mass is 10.2. The van der Waals surface area contributed by atoms with Gasteiger partial charge in [0.05, 0.1) is 6.26 Å². The lowest BCUT2D eigenvalue weighted by Gasteiger charge is -2.10. The highest BCUT2D eigenvalue weighted by Crippen LogP contribution is 2.19. The van der Waals surface area contributed by atoms with E-state index in [0.29, 0.717) is 12.5 Å². The molecule has 5 heteroatoms. The van der Waals surface area contributed by atoms with Crippen LogP contribution in [0.15, 0.2) is 28.9 Å². The molecular weight excluding hydrogens is 230 g/mol. The molecule has 0 radical (unpaired) electrons. The summed E-state index contributed by atoms with van der Waals surface area (Å²) >= 11 is 0. The number of nitrogens with one attached hydrogen (secondary N) is 1. The number of anilines is 1. The monoisotopic (exact) mass is 247 g/mol. The summed E-state index contributed by atoms with van der Waals surface area (Å²) in [6, 6.07) is 5.47. The molecule has 1 N–H and O–H groups in total. The van der Waals surface area contributed by atoms with Gasteiger partial charge in [-0.3, -0.25) is 0 Å². The van der Waals surface area contributed by atoms with E-state index in [1.807, 2.05) is 33.0 Å². The van der Waals surface area contributed by atoms with Gasteiger partial charge in [-0.15, -0.1) is 0 Å². The van der Waals surface area contributed by atoms with E-state index in [2.05, 4.69) is 15.3 Å². The average molecular weight is 247 g/mol. The molecule has 0 unspecified atom stereocenters. The summed E-state index contributed by atoms with van der Waals surface area (Å²) in [6.07, 6.45) is 1.62. The van der Waals surface area contributed by atoms with Crippen molar-refractivity contribution >= 4 is 5.82 Å². The molecule has 2 heterocycles. The molecule has 2 aromatic heterocycles. The van der Waals surface area contributed by atoms with E-state index < -0.39 is 0 Å². The Morgan fingerprint density at radius 2 is 2.22 bits per heavy atom. The lowest BCUT2D eigenvalue weighted by molar-refractivity contribution is 0.259. The molecule has 2 rings (SSSR count). The van der Waals surface area contributed by atoms with Crippen LogP contribution in [0.2, 0.25) is 0 Å². The normalized spacial score (nSPS) is 10.7. The van der Waals surface area contributed by atoms with Crippen molar-refractivity contribution < 1.29 is 9.15 Å². The molecule has 0 bridgehead atoms. The molecule has 0 fully saturated rings. The maximum atomic E-state index is 5.60. The molecule has 0 saturated heterocycles. The second-order valence-corrected chi connectivity index (χ2v) is 4.22. The number of furan rings is 1. The second kappa shape index (κ2) is 5.53. The smallest absolute Gasteiger partial charge is 0.219 e. The molecule has 0 aliphatic carbocycles. The Labute approximate surface area is 106 Å². The van der Waals surface area contributed by atoms with Gasteiger partial charge in [0.2, 0.25) is 5.88 Å². The molecule has 0 atom stereocenters. The molecule has 0 spiro atoms. The molecule has 96 valence electrons.